The summed E-state index contributed by atoms with van der Waals surface area (Å²) in [6, 6.07) is 2.88. The number of carbonyl (C=O) groups excluding carboxylic acids is 1. The predicted molar refractivity (Wildman–Crippen MR) is 82.6 cm³/mol. The highest BCUT2D eigenvalue weighted by Crippen LogP contribution is 2.36. The van der Waals surface area contributed by atoms with E-state index in [0.717, 1.165) is 0 Å². The van der Waals surface area contributed by atoms with Crippen LogP contribution in [-0.2, 0) is 9.53 Å². The van der Waals surface area contributed by atoms with Crippen LogP contribution in [0.25, 0.3) is 0 Å². The van der Waals surface area contributed by atoms with E-state index in [9.17, 15) is 9.18 Å². The summed E-state index contributed by atoms with van der Waals surface area (Å²) in [7, 11) is 0. The van der Waals surface area contributed by atoms with Gasteiger partial charge in [0.05, 0.1) is 19.7 Å². The molecule has 1 spiro atoms. The third-order valence-electron chi connectivity index (χ3n) is 4.34. The molecule has 0 N–H and O–H groups in total. The first-order valence-corrected chi connectivity index (χ1v) is 8.16. The van der Waals surface area contributed by atoms with Crippen molar-refractivity contribution in [3.63, 3.8) is 0 Å². The molecule has 3 heterocycles. The molecule has 6 heteroatoms. The van der Waals surface area contributed by atoms with E-state index in [2.05, 4.69) is 4.98 Å². The van der Waals surface area contributed by atoms with E-state index in [1.54, 1.807) is 0 Å². The maximum atomic E-state index is 13.7. The second-order valence-corrected chi connectivity index (χ2v) is 6.90. The Hall–Kier alpha value is -1.69. The van der Waals surface area contributed by atoms with Crippen LogP contribution in [0.5, 0.6) is 5.88 Å². The summed E-state index contributed by atoms with van der Waals surface area (Å²) in [5, 5.41) is 0. The van der Waals surface area contributed by atoms with E-state index >= 15 is 0 Å². The van der Waals surface area contributed by atoms with Crippen LogP contribution < -0.4 is 4.74 Å². The quantitative estimate of drug-likeness (QED) is 0.854. The number of aromatic nitrogens is 1. The Labute approximate surface area is 135 Å². The molecular formula is C17H23FN2O3. The number of pyridine rings is 1. The van der Waals surface area contributed by atoms with Crippen molar-refractivity contribution in [2.24, 2.45) is 5.92 Å². The summed E-state index contributed by atoms with van der Waals surface area (Å²) in [4.78, 5) is 17.8. The number of nitrogens with zero attached hydrogens (tertiary/aromatic N) is 2. The lowest BCUT2D eigenvalue weighted by molar-refractivity contribution is -0.193. The molecule has 1 atom stereocenters. The minimum absolute atomic E-state index is 0.0432. The molecule has 1 aromatic heterocycles. The van der Waals surface area contributed by atoms with E-state index in [-0.39, 0.29) is 23.5 Å². The molecule has 3 rings (SSSR count). The second kappa shape index (κ2) is 6.43. The Morgan fingerprint density at radius 2 is 2.35 bits per heavy atom. The minimum atomic E-state index is -0.449. The van der Waals surface area contributed by atoms with Crippen molar-refractivity contribution in [3.05, 3.63) is 24.1 Å². The first kappa shape index (κ1) is 16.2. The maximum Gasteiger partial charge on any atom is 0.250 e. The molecule has 126 valence electrons. The molecular weight excluding hydrogens is 299 g/mol. The fourth-order valence-electron chi connectivity index (χ4n) is 3.22. The molecule has 1 aromatic rings. The molecule has 0 aliphatic carbocycles. The van der Waals surface area contributed by atoms with Crippen molar-refractivity contribution < 1.29 is 18.7 Å². The van der Waals surface area contributed by atoms with Gasteiger partial charge in [-0.25, -0.2) is 9.37 Å². The van der Waals surface area contributed by atoms with Gasteiger partial charge in [0.2, 0.25) is 5.91 Å². The number of halogens is 1. The summed E-state index contributed by atoms with van der Waals surface area (Å²) in [5.74, 6) is 0.125. The van der Waals surface area contributed by atoms with Gasteiger partial charge in [0.25, 0.3) is 5.88 Å². The van der Waals surface area contributed by atoms with Gasteiger partial charge in [0.15, 0.2) is 5.82 Å². The van der Waals surface area contributed by atoms with E-state index in [1.165, 1.54) is 18.3 Å². The third kappa shape index (κ3) is 3.63. The van der Waals surface area contributed by atoms with Gasteiger partial charge in [-0.05, 0) is 18.1 Å². The molecule has 2 aliphatic rings. The van der Waals surface area contributed by atoms with E-state index in [1.807, 2.05) is 18.7 Å². The van der Waals surface area contributed by atoms with Gasteiger partial charge >= 0.3 is 0 Å². The van der Waals surface area contributed by atoms with Gasteiger partial charge in [-0.3, -0.25) is 4.79 Å². The van der Waals surface area contributed by atoms with E-state index in [4.69, 9.17) is 9.47 Å². The maximum absolute atomic E-state index is 13.7. The van der Waals surface area contributed by atoms with Crippen LogP contribution in [0.3, 0.4) is 0 Å². The highest BCUT2D eigenvalue weighted by atomic mass is 19.1. The molecule has 0 aromatic carbocycles. The van der Waals surface area contributed by atoms with Crippen molar-refractivity contribution in [2.75, 3.05) is 19.7 Å². The van der Waals surface area contributed by atoms with E-state index < -0.39 is 5.82 Å². The number of carbonyl (C=O) groups is 1. The zero-order chi connectivity index (χ0) is 16.4. The van der Waals surface area contributed by atoms with Crippen LogP contribution >= 0.6 is 0 Å². The molecule has 23 heavy (non-hydrogen) atoms. The summed E-state index contributed by atoms with van der Waals surface area (Å²) >= 11 is 0. The summed E-state index contributed by atoms with van der Waals surface area (Å²) in [6.45, 7) is 5.84. The van der Waals surface area contributed by atoms with E-state index in [0.29, 0.717) is 44.9 Å². The highest BCUT2D eigenvalue weighted by Gasteiger charge is 2.49. The second-order valence-electron chi connectivity index (χ2n) is 6.90. The Kier molecular flexibility index (Phi) is 4.53. The number of hydrogen-bond donors (Lipinski definition) is 0. The van der Waals surface area contributed by atoms with Gasteiger partial charge in [-0.15, -0.1) is 0 Å². The van der Waals surface area contributed by atoms with Crippen molar-refractivity contribution >= 4 is 5.91 Å². The molecule has 0 bridgehead atoms. The molecule has 0 radical (unpaired) electrons. The Morgan fingerprint density at radius 3 is 3.04 bits per heavy atom. The van der Waals surface area contributed by atoms with Crippen LogP contribution in [-0.4, -0.2) is 47.2 Å². The highest BCUT2D eigenvalue weighted by molar-refractivity contribution is 5.77. The van der Waals surface area contributed by atoms with Crippen LogP contribution in [0.4, 0.5) is 4.39 Å². The zero-order valence-corrected chi connectivity index (χ0v) is 13.6. The normalized spacial score (nSPS) is 23.0. The Morgan fingerprint density at radius 1 is 1.57 bits per heavy atom. The van der Waals surface area contributed by atoms with Crippen LogP contribution in [0.1, 0.15) is 33.1 Å². The standard InChI is InChI=1S/C17H23FN2O3/c1-12(2)8-15(21)20-10-17(11-20)9-13(5-7-22-17)23-16-14(18)4-3-6-19-16/h3-4,6,12-13H,5,7-11H2,1-2H3/t13-/m1/s1. The monoisotopic (exact) mass is 322 g/mol. The van der Waals surface area contributed by atoms with Crippen LogP contribution in [0.15, 0.2) is 18.3 Å². The topological polar surface area (TPSA) is 51.7 Å². The molecule has 2 aliphatic heterocycles. The number of ether oxygens (including phenoxy) is 2. The molecule has 5 nitrogen and oxygen atoms in total. The first-order chi connectivity index (χ1) is 11.0. The van der Waals surface area contributed by atoms with Crippen molar-refractivity contribution in [2.45, 2.75) is 44.8 Å². The third-order valence-corrected chi connectivity index (χ3v) is 4.34. The number of rotatable bonds is 4. The fourth-order valence-corrected chi connectivity index (χ4v) is 3.22. The van der Waals surface area contributed by atoms with Gasteiger partial charge in [0.1, 0.15) is 11.7 Å². The summed E-state index contributed by atoms with van der Waals surface area (Å²) < 4.78 is 25.3. The van der Waals surface area contributed by atoms with Gasteiger partial charge in [-0.2, -0.15) is 0 Å². The SMILES string of the molecule is CC(C)CC(=O)N1CC2(C[C@H](Oc3ncccc3F)CCO2)C1. The lowest BCUT2D eigenvalue weighted by Gasteiger charge is -2.53. The minimum Gasteiger partial charge on any atom is -0.472 e. The van der Waals surface area contributed by atoms with Gasteiger partial charge in [0, 0.05) is 25.5 Å². The van der Waals surface area contributed by atoms with Gasteiger partial charge in [-0.1, -0.05) is 13.8 Å². The van der Waals surface area contributed by atoms with Crippen molar-refractivity contribution in [1.29, 1.82) is 0 Å². The number of hydrogen-bond acceptors (Lipinski definition) is 4. The van der Waals surface area contributed by atoms with Crippen LogP contribution in [0, 0.1) is 11.7 Å². The molecule has 1 amide bonds. The van der Waals surface area contributed by atoms with Crippen molar-refractivity contribution in [1.82, 2.24) is 9.88 Å². The fraction of sp³-hybridized carbons (Fsp3) is 0.647. The molecule has 2 saturated heterocycles. The Balaban J connectivity index is 1.56. The Bertz CT molecular complexity index is 573. The smallest absolute Gasteiger partial charge is 0.250 e. The predicted octanol–water partition coefficient (Wildman–Crippen LogP) is 2.41. The lowest BCUT2D eigenvalue weighted by Crippen LogP contribution is -2.67. The largest absolute Gasteiger partial charge is 0.472 e. The first-order valence-electron chi connectivity index (χ1n) is 8.16. The molecule has 0 unspecified atom stereocenters. The average Bonchev–Trinajstić information content (AvgIpc) is 2.46. The number of amides is 1. The van der Waals surface area contributed by atoms with Crippen molar-refractivity contribution in [3.8, 4) is 5.88 Å². The molecule has 2 fully saturated rings. The lowest BCUT2D eigenvalue weighted by atomic mass is 9.84. The summed E-state index contributed by atoms with van der Waals surface area (Å²) in [5.41, 5.74) is -0.333. The van der Waals surface area contributed by atoms with Crippen LogP contribution in [0.2, 0.25) is 0 Å². The number of likely N-dealkylation sites (tertiary alicyclic amines) is 1. The zero-order valence-electron chi connectivity index (χ0n) is 13.6. The van der Waals surface area contributed by atoms with Gasteiger partial charge < -0.3 is 14.4 Å². The summed E-state index contributed by atoms with van der Waals surface area (Å²) in [6.07, 6.45) is 3.32. The average molecular weight is 322 g/mol. The molecule has 0 saturated carbocycles.